The standard InChI is InChI=1S/C5H9BrN2O3/c1-7(4(10)3-9)5(11)8(2)6/h9H,3H2,1-2H3. The molecule has 0 saturated heterocycles. The number of amides is 3. The molecule has 0 aliphatic rings. The summed E-state index contributed by atoms with van der Waals surface area (Å²) < 4.78 is 1.07. The molecule has 0 fully saturated rings. The van der Waals surface area contributed by atoms with Crippen LogP contribution in [0.4, 0.5) is 4.79 Å². The summed E-state index contributed by atoms with van der Waals surface area (Å²) in [6, 6.07) is -0.524. The third kappa shape index (κ3) is 2.85. The van der Waals surface area contributed by atoms with Gasteiger partial charge in [-0.05, 0) is 0 Å². The van der Waals surface area contributed by atoms with Crippen LogP contribution in [0, 0.1) is 0 Å². The molecule has 0 radical (unpaired) electrons. The number of imide groups is 1. The van der Waals surface area contributed by atoms with Crippen LogP contribution in [0.25, 0.3) is 0 Å². The van der Waals surface area contributed by atoms with Crippen molar-refractivity contribution in [2.24, 2.45) is 0 Å². The number of carbonyl (C=O) groups excluding carboxylic acids is 2. The summed E-state index contributed by atoms with van der Waals surface area (Å²) >= 11 is 2.85. The van der Waals surface area contributed by atoms with Crippen molar-refractivity contribution in [3.05, 3.63) is 0 Å². The molecular formula is C5H9BrN2O3. The summed E-state index contributed by atoms with van der Waals surface area (Å²) in [6.45, 7) is -0.664. The Morgan fingerprint density at radius 1 is 1.45 bits per heavy atom. The molecule has 0 spiro atoms. The number of rotatable bonds is 1. The van der Waals surface area contributed by atoms with E-state index in [1.807, 2.05) is 0 Å². The van der Waals surface area contributed by atoms with Crippen LogP contribution in [0.2, 0.25) is 0 Å². The highest BCUT2D eigenvalue weighted by Gasteiger charge is 2.17. The molecule has 11 heavy (non-hydrogen) atoms. The van der Waals surface area contributed by atoms with Crippen molar-refractivity contribution < 1.29 is 14.7 Å². The molecule has 0 rings (SSSR count). The molecule has 0 atom stereocenters. The number of hydrogen-bond donors (Lipinski definition) is 1. The van der Waals surface area contributed by atoms with Gasteiger partial charge in [-0.2, -0.15) is 0 Å². The molecule has 5 nitrogen and oxygen atoms in total. The number of nitrogens with zero attached hydrogens (tertiary/aromatic N) is 2. The summed E-state index contributed by atoms with van der Waals surface area (Å²) in [5.74, 6) is -0.638. The molecule has 64 valence electrons. The molecule has 0 saturated carbocycles. The van der Waals surface area contributed by atoms with Gasteiger partial charge in [0.2, 0.25) is 0 Å². The smallest absolute Gasteiger partial charge is 0.336 e. The van der Waals surface area contributed by atoms with Gasteiger partial charge in [-0.25, -0.2) is 4.79 Å². The lowest BCUT2D eigenvalue weighted by molar-refractivity contribution is -0.130. The van der Waals surface area contributed by atoms with E-state index in [4.69, 9.17) is 5.11 Å². The summed E-state index contributed by atoms with van der Waals surface area (Å²) in [6.07, 6.45) is 0. The fourth-order valence-corrected chi connectivity index (χ4v) is 0.657. The predicted octanol–water partition coefficient (Wildman–Crippen LogP) is -0.201. The van der Waals surface area contributed by atoms with Crippen molar-refractivity contribution in [2.45, 2.75) is 0 Å². The van der Waals surface area contributed by atoms with Gasteiger partial charge in [0, 0.05) is 14.1 Å². The lowest BCUT2D eigenvalue weighted by Gasteiger charge is -2.16. The largest absolute Gasteiger partial charge is 0.387 e. The second-order valence-electron chi connectivity index (χ2n) is 1.87. The van der Waals surface area contributed by atoms with Gasteiger partial charge in [-0.1, -0.05) is 0 Å². The van der Waals surface area contributed by atoms with E-state index in [1.54, 1.807) is 0 Å². The quantitative estimate of drug-likeness (QED) is 0.628. The minimum absolute atomic E-state index is 0.524. The Morgan fingerprint density at radius 3 is 2.18 bits per heavy atom. The van der Waals surface area contributed by atoms with E-state index in [-0.39, 0.29) is 0 Å². The normalized spacial score (nSPS) is 9.09. The number of urea groups is 1. The third-order valence-electron chi connectivity index (χ3n) is 1.06. The SMILES string of the molecule is CN(Br)C(=O)N(C)C(=O)CO. The van der Waals surface area contributed by atoms with E-state index < -0.39 is 18.5 Å². The first-order valence-electron chi connectivity index (χ1n) is 2.81. The lowest BCUT2D eigenvalue weighted by atomic mass is 10.6. The van der Waals surface area contributed by atoms with Crippen molar-refractivity contribution in [2.75, 3.05) is 20.7 Å². The zero-order valence-electron chi connectivity index (χ0n) is 6.24. The number of aliphatic hydroxyl groups excluding tert-OH is 1. The van der Waals surface area contributed by atoms with Crippen molar-refractivity contribution in [3.8, 4) is 0 Å². The van der Waals surface area contributed by atoms with Gasteiger partial charge in [-0.15, -0.1) is 0 Å². The monoisotopic (exact) mass is 224 g/mol. The van der Waals surface area contributed by atoms with Gasteiger partial charge < -0.3 is 5.11 Å². The molecule has 0 bridgehead atoms. The first-order chi connectivity index (χ1) is 5.00. The van der Waals surface area contributed by atoms with Crippen molar-refractivity contribution >= 4 is 28.1 Å². The van der Waals surface area contributed by atoms with Gasteiger partial charge in [0.15, 0.2) is 0 Å². The molecule has 0 aromatic carbocycles. The minimum atomic E-state index is -0.664. The maximum Gasteiger partial charge on any atom is 0.336 e. The van der Waals surface area contributed by atoms with Crippen molar-refractivity contribution in [1.82, 2.24) is 8.83 Å². The van der Waals surface area contributed by atoms with Crippen LogP contribution < -0.4 is 0 Å². The lowest BCUT2D eigenvalue weighted by Crippen LogP contribution is -2.39. The van der Waals surface area contributed by atoms with E-state index in [1.165, 1.54) is 14.1 Å². The second kappa shape index (κ2) is 4.30. The number of aliphatic hydroxyl groups is 1. The fourth-order valence-electron chi connectivity index (χ4n) is 0.419. The molecule has 6 heteroatoms. The van der Waals surface area contributed by atoms with E-state index in [9.17, 15) is 9.59 Å². The van der Waals surface area contributed by atoms with E-state index in [0.29, 0.717) is 0 Å². The highest BCUT2D eigenvalue weighted by Crippen LogP contribution is 1.98. The summed E-state index contributed by atoms with van der Waals surface area (Å²) in [4.78, 5) is 22.4. The van der Waals surface area contributed by atoms with E-state index in [2.05, 4.69) is 16.1 Å². The van der Waals surface area contributed by atoms with Gasteiger partial charge in [0.05, 0.1) is 16.1 Å². The molecular weight excluding hydrogens is 216 g/mol. The number of carbonyl (C=O) groups is 2. The first-order valence-corrected chi connectivity index (χ1v) is 3.52. The van der Waals surface area contributed by atoms with E-state index in [0.717, 1.165) is 8.83 Å². The Kier molecular flexibility index (Phi) is 4.06. The van der Waals surface area contributed by atoms with Crippen LogP contribution >= 0.6 is 16.1 Å². The van der Waals surface area contributed by atoms with Crippen LogP contribution in [0.1, 0.15) is 0 Å². The van der Waals surface area contributed by atoms with Crippen LogP contribution in [0.5, 0.6) is 0 Å². The Balaban J connectivity index is 4.13. The average molecular weight is 225 g/mol. The maximum absolute atomic E-state index is 10.9. The van der Waals surface area contributed by atoms with Crippen LogP contribution in [0.15, 0.2) is 0 Å². The number of hydrogen-bond acceptors (Lipinski definition) is 3. The number of halogens is 1. The molecule has 0 aliphatic carbocycles. The molecule has 0 aliphatic heterocycles. The highest BCUT2D eigenvalue weighted by atomic mass is 79.9. The average Bonchev–Trinajstić information content (AvgIpc) is 2.00. The molecule has 0 unspecified atom stereocenters. The molecule has 3 amide bonds. The second-order valence-corrected chi connectivity index (χ2v) is 2.93. The van der Waals surface area contributed by atoms with Gasteiger partial charge in [-0.3, -0.25) is 13.6 Å². The fraction of sp³-hybridized carbons (Fsp3) is 0.600. The zero-order valence-corrected chi connectivity index (χ0v) is 7.83. The van der Waals surface area contributed by atoms with Crippen LogP contribution in [-0.4, -0.2) is 46.6 Å². The third-order valence-corrected chi connectivity index (χ3v) is 1.36. The zero-order chi connectivity index (χ0) is 9.02. The molecule has 0 aromatic heterocycles. The highest BCUT2D eigenvalue weighted by molar-refractivity contribution is 9.07. The van der Waals surface area contributed by atoms with Crippen LogP contribution in [0.3, 0.4) is 0 Å². The van der Waals surface area contributed by atoms with Gasteiger partial charge >= 0.3 is 6.03 Å². The van der Waals surface area contributed by atoms with Gasteiger partial charge in [0.25, 0.3) is 5.91 Å². The Hall–Kier alpha value is -0.620. The first kappa shape index (κ1) is 10.4. The molecule has 0 aromatic rings. The number of likely N-dealkylation sites (N-methyl/N-ethyl adjacent to an activating group) is 1. The summed E-state index contributed by atoms with van der Waals surface area (Å²) in [7, 11) is 2.74. The summed E-state index contributed by atoms with van der Waals surface area (Å²) in [5, 5.41) is 8.36. The topological polar surface area (TPSA) is 60.9 Å². The molecule has 1 N–H and O–H groups in total. The van der Waals surface area contributed by atoms with E-state index >= 15 is 0 Å². The Morgan fingerprint density at radius 2 is 1.91 bits per heavy atom. The molecule has 0 heterocycles. The predicted molar refractivity (Wildman–Crippen MR) is 41.9 cm³/mol. The summed E-state index contributed by atoms with van der Waals surface area (Å²) in [5.41, 5.74) is 0. The van der Waals surface area contributed by atoms with Crippen molar-refractivity contribution in [3.63, 3.8) is 0 Å². The van der Waals surface area contributed by atoms with Gasteiger partial charge in [0.1, 0.15) is 6.61 Å². The van der Waals surface area contributed by atoms with Crippen LogP contribution in [-0.2, 0) is 4.79 Å². The Bertz CT molecular complexity index is 171. The van der Waals surface area contributed by atoms with Crippen molar-refractivity contribution in [1.29, 1.82) is 0 Å². The maximum atomic E-state index is 10.9. The Labute approximate surface area is 72.9 Å². The minimum Gasteiger partial charge on any atom is -0.387 e.